The third kappa shape index (κ3) is 1.96. The molecule has 0 saturated heterocycles. The van der Waals surface area contributed by atoms with Crippen LogP contribution in [-0.2, 0) is 12.9 Å². The molecule has 7 heteroatoms. The van der Waals surface area contributed by atoms with Gasteiger partial charge >= 0.3 is 0 Å². The Bertz CT molecular complexity index is 806. The molecule has 0 radical (unpaired) electrons. The summed E-state index contributed by atoms with van der Waals surface area (Å²) in [6.07, 6.45) is 0. The molecular weight excluding hydrogens is 363 g/mol. The van der Waals surface area contributed by atoms with Gasteiger partial charge in [-0.05, 0) is 35.0 Å². The molecule has 2 aromatic heterocycles. The molecule has 1 aromatic carbocycles. The molecule has 20 heavy (non-hydrogen) atoms. The number of aryl methyl sites for hydroxylation is 2. The monoisotopic (exact) mass is 372 g/mol. The molecule has 0 amide bonds. The van der Waals surface area contributed by atoms with Crippen molar-refractivity contribution in [1.29, 1.82) is 0 Å². The van der Waals surface area contributed by atoms with E-state index in [-0.39, 0.29) is 0 Å². The Morgan fingerprint density at radius 3 is 2.80 bits per heavy atom. The number of hydrogen-bond donors (Lipinski definition) is 0. The maximum absolute atomic E-state index is 6.19. The number of benzene rings is 1. The predicted octanol–water partition coefficient (Wildman–Crippen LogP) is 4.22. The van der Waals surface area contributed by atoms with Gasteiger partial charge in [0.05, 0.1) is 26.8 Å². The van der Waals surface area contributed by atoms with E-state index in [4.69, 9.17) is 23.2 Å². The SMILES string of the molecule is Cc1nn(C)c2c1nc(CCl)n2-c1cccc(Cl)c1Br. The average Bonchev–Trinajstić information content (AvgIpc) is 2.92. The van der Waals surface area contributed by atoms with Gasteiger partial charge in [0.2, 0.25) is 0 Å². The number of alkyl halides is 1. The molecule has 0 bridgehead atoms. The first kappa shape index (κ1) is 13.9. The highest BCUT2D eigenvalue weighted by atomic mass is 79.9. The van der Waals surface area contributed by atoms with Crippen LogP contribution in [0.4, 0.5) is 0 Å². The van der Waals surface area contributed by atoms with E-state index < -0.39 is 0 Å². The van der Waals surface area contributed by atoms with E-state index in [0.29, 0.717) is 10.9 Å². The Balaban J connectivity index is 2.43. The summed E-state index contributed by atoms with van der Waals surface area (Å²) in [6, 6.07) is 5.70. The molecule has 3 aromatic rings. The van der Waals surface area contributed by atoms with E-state index >= 15 is 0 Å². The van der Waals surface area contributed by atoms with Crippen LogP contribution in [0.1, 0.15) is 11.5 Å². The zero-order valence-corrected chi connectivity index (χ0v) is 14.0. The summed E-state index contributed by atoms with van der Waals surface area (Å²) in [4.78, 5) is 4.58. The van der Waals surface area contributed by atoms with E-state index in [1.165, 1.54) is 0 Å². The van der Waals surface area contributed by atoms with Gasteiger partial charge in [0.1, 0.15) is 11.3 Å². The molecule has 0 unspecified atom stereocenters. The van der Waals surface area contributed by atoms with Crippen molar-refractivity contribution in [2.75, 3.05) is 0 Å². The average molecular weight is 374 g/mol. The second-order valence-corrected chi connectivity index (χ2v) is 5.92. The van der Waals surface area contributed by atoms with E-state index in [1.54, 1.807) is 4.68 Å². The third-order valence-corrected chi connectivity index (χ3v) is 4.78. The molecule has 2 heterocycles. The summed E-state index contributed by atoms with van der Waals surface area (Å²) < 4.78 is 4.60. The summed E-state index contributed by atoms with van der Waals surface area (Å²) in [6.45, 7) is 1.94. The van der Waals surface area contributed by atoms with Crippen molar-refractivity contribution in [3.63, 3.8) is 0 Å². The largest absolute Gasteiger partial charge is 0.279 e. The first-order valence-corrected chi connectivity index (χ1v) is 7.66. The number of hydrogen-bond acceptors (Lipinski definition) is 2. The van der Waals surface area contributed by atoms with Gasteiger partial charge < -0.3 is 0 Å². The fourth-order valence-electron chi connectivity index (χ4n) is 2.33. The standard InChI is InChI=1S/C13H11BrCl2N4/c1-7-12-13(19(2)18-7)20(10(6-15)17-12)9-5-3-4-8(16)11(9)14/h3-5H,6H2,1-2H3. The molecule has 0 aliphatic heterocycles. The molecule has 0 aliphatic carbocycles. The van der Waals surface area contributed by atoms with Crippen LogP contribution in [0, 0.1) is 6.92 Å². The van der Waals surface area contributed by atoms with Crippen LogP contribution >= 0.6 is 39.1 Å². The first-order valence-electron chi connectivity index (χ1n) is 5.96. The Morgan fingerprint density at radius 2 is 2.10 bits per heavy atom. The van der Waals surface area contributed by atoms with Crippen molar-refractivity contribution in [1.82, 2.24) is 19.3 Å². The van der Waals surface area contributed by atoms with E-state index in [9.17, 15) is 0 Å². The Labute approximate surface area is 134 Å². The van der Waals surface area contributed by atoms with Crippen LogP contribution in [0.15, 0.2) is 22.7 Å². The second kappa shape index (κ2) is 5.06. The van der Waals surface area contributed by atoms with Gasteiger partial charge in [0.25, 0.3) is 0 Å². The van der Waals surface area contributed by atoms with Crippen LogP contribution in [0.25, 0.3) is 16.9 Å². The van der Waals surface area contributed by atoms with Gasteiger partial charge in [-0.25, -0.2) is 9.67 Å². The topological polar surface area (TPSA) is 35.6 Å². The molecule has 3 rings (SSSR count). The highest BCUT2D eigenvalue weighted by molar-refractivity contribution is 9.10. The highest BCUT2D eigenvalue weighted by Crippen LogP contribution is 2.33. The molecule has 0 spiro atoms. The third-order valence-electron chi connectivity index (χ3n) is 3.16. The molecule has 0 fully saturated rings. The Kier molecular flexibility index (Phi) is 3.52. The number of imidazole rings is 1. The van der Waals surface area contributed by atoms with Crippen molar-refractivity contribution in [3.8, 4) is 5.69 Å². The molecule has 0 N–H and O–H groups in total. The van der Waals surface area contributed by atoms with Gasteiger partial charge in [0, 0.05) is 7.05 Å². The van der Waals surface area contributed by atoms with Crippen LogP contribution in [0.5, 0.6) is 0 Å². The maximum atomic E-state index is 6.19. The maximum Gasteiger partial charge on any atom is 0.163 e. The number of rotatable bonds is 2. The zero-order chi connectivity index (χ0) is 14.4. The van der Waals surface area contributed by atoms with Gasteiger partial charge in [-0.15, -0.1) is 11.6 Å². The van der Waals surface area contributed by atoms with Crippen molar-refractivity contribution in [2.24, 2.45) is 7.05 Å². The summed E-state index contributed by atoms with van der Waals surface area (Å²) in [5.74, 6) is 1.08. The van der Waals surface area contributed by atoms with Crippen molar-refractivity contribution in [2.45, 2.75) is 12.8 Å². The quantitative estimate of drug-likeness (QED) is 0.630. The minimum Gasteiger partial charge on any atom is -0.279 e. The highest BCUT2D eigenvalue weighted by Gasteiger charge is 2.20. The van der Waals surface area contributed by atoms with Crippen LogP contribution in [0.2, 0.25) is 5.02 Å². The second-order valence-electron chi connectivity index (χ2n) is 4.45. The van der Waals surface area contributed by atoms with Gasteiger partial charge in [0.15, 0.2) is 5.65 Å². The number of nitrogens with zero attached hydrogens (tertiary/aromatic N) is 4. The summed E-state index contributed by atoms with van der Waals surface area (Å²) >= 11 is 15.8. The van der Waals surface area contributed by atoms with Crippen molar-refractivity contribution < 1.29 is 0 Å². The van der Waals surface area contributed by atoms with E-state index in [1.807, 2.05) is 36.7 Å². The number of aromatic nitrogens is 4. The summed E-state index contributed by atoms with van der Waals surface area (Å²) in [5.41, 5.74) is 3.54. The van der Waals surface area contributed by atoms with Crippen molar-refractivity contribution >= 4 is 50.3 Å². The lowest BCUT2D eigenvalue weighted by molar-refractivity contribution is 0.754. The lowest BCUT2D eigenvalue weighted by Gasteiger charge is -2.11. The lowest BCUT2D eigenvalue weighted by atomic mass is 10.3. The molecule has 4 nitrogen and oxygen atoms in total. The van der Waals surface area contributed by atoms with Gasteiger partial charge in [-0.3, -0.25) is 4.57 Å². The molecule has 104 valence electrons. The molecule has 0 aliphatic rings. The van der Waals surface area contributed by atoms with E-state index in [0.717, 1.165) is 32.8 Å². The summed E-state index contributed by atoms with van der Waals surface area (Å²) in [5, 5.41) is 5.05. The minimum absolute atomic E-state index is 0.313. The minimum atomic E-state index is 0.313. The van der Waals surface area contributed by atoms with Crippen LogP contribution in [0.3, 0.4) is 0 Å². The zero-order valence-electron chi connectivity index (χ0n) is 10.9. The smallest absolute Gasteiger partial charge is 0.163 e. The summed E-state index contributed by atoms with van der Waals surface area (Å²) in [7, 11) is 1.89. The van der Waals surface area contributed by atoms with Gasteiger partial charge in [-0.1, -0.05) is 17.7 Å². The lowest BCUT2D eigenvalue weighted by Crippen LogP contribution is -2.05. The number of halogens is 3. The Morgan fingerprint density at radius 1 is 1.35 bits per heavy atom. The van der Waals surface area contributed by atoms with Crippen LogP contribution in [-0.4, -0.2) is 19.3 Å². The predicted molar refractivity (Wildman–Crippen MR) is 84.8 cm³/mol. The van der Waals surface area contributed by atoms with Crippen LogP contribution < -0.4 is 0 Å². The van der Waals surface area contributed by atoms with E-state index in [2.05, 4.69) is 26.0 Å². The Hall–Kier alpha value is -1.04. The molecular formula is C13H11BrCl2N4. The normalized spacial score (nSPS) is 11.4. The number of fused-ring (bicyclic) bond motifs is 1. The van der Waals surface area contributed by atoms with Crippen molar-refractivity contribution in [3.05, 3.63) is 39.2 Å². The molecule has 0 saturated carbocycles. The molecule has 0 atom stereocenters. The fraction of sp³-hybridized carbons (Fsp3) is 0.231. The first-order chi connectivity index (χ1) is 9.54. The van der Waals surface area contributed by atoms with Gasteiger partial charge in [-0.2, -0.15) is 5.10 Å². The fourth-order valence-corrected chi connectivity index (χ4v) is 3.12.